The monoisotopic (exact) mass is 306 g/mol. The second kappa shape index (κ2) is 6.30. The number of benzene rings is 1. The van der Waals surface area contributed by atoms with Crippen molar-refractivity contribution in [3.05, 3.63) is 33.9 Å². The maximum absolute atomic E-state index is 12.6. The Morgan fingerprint density at radius 3 is 2.29 bits per heavy atom. The molecule has 0 spiro atoms. The molecule has 0 amide bonds. The normalized spacial score (nSPS) is 12.3. The van der Waals surface area contributed by atoms with E-state index in [1.165, 1.54) is 0 Å². The van der Waals surface area contributed by atoms with Crippen LogP contribution in [0.5, 0.6) is 5.75 Å². The summed E-state index contributed by atoms with van der Waals surface area (Å²) >= 11 is 0. The molecule has 0 saturated heterocycles. The van der Waals surface area contributed by atoms with E-state index >= 15 is 0 Å². The van der Waals surface area contributed by atoms with Gasteiger partial charge in [0.25, 0.3) is 0 Å². The molecule has 1 rings (SSSR count). The second-order valence-corrected chi connectivity index (χ2v) is 4.80. The molecular formula is C13H17F3N2O3. The molecule has 0 unspecified atom stereocenters. The summed E-state index contributed by atoms with van der Waals surface area (Å²) in [4.78, 5) is 9.99. The largest absolute Gasteiger partial charge is 0.485 e. The van der Waals surface area contributed by atoms with E-state index in [1.807, 2.05) is 13.8 Å². The lowest BCUT2D eigenvalue weighted by Crippen LogP contribution is -2.44. The third kappa shape index (κ3) is 4.32. The van der Waals surface area contributed by atoms with Crippen LogP contribution >= 0.6 is 0 Å². The summed E-state index contributed by atoms with van der Waals surface area (Å²) in [7, 11) is 0. The highest BCUT2D eigenvalue weighted by Gasteiger charge is 2.33. The molecule has 1 aromatic rings. The maximum Gasteiger partial charge on any atom is 0.416 e. The second-order valence-electron chi connectivity index (χ2n) is 4.80. The molecular weight excluding hydrogens is 289 g/mol. The molecule has 2 N–H and O–H groups in total. The minimum atomic E-state index is -4.65. The van der Waals surface area contributed by atoms with Gasteiger partial charge in [0.05, 0.1) is 10.5 Å². The number of hydrogen-bond donors (Lipinski definition) is 1. The Bertz CT molecular complexity index is 514. The topological polar surface area (TPSA) is 78.4 Å². The quantitative estimate of drug-likeness (QED) is 0.644. The van der Waals surface area contributed by atoms with Gasteiger partial charge in [0, 0.05) is 11.6 Å². The Morgan fingerprint density at radius 2 is 1.86 bits per heavy atom. The fourth-order valence-electron chi connectivity index (χ4n) is 1.63. The van der Waals surface area contributed by atoms with Crippen LogP contribution in [0.2, 0.25) is 0 Å². The number of hydrogen-bond acceptors (Lipinski definition) is 4. The lowest BCUT2D eigenvalue weighted by molar-refractivity contribution is -0.386. The molecule has 0 atom stereocenters. The summed E-state index contributed by atoms with van der Waals surface area (Å²) in [5.74, 6) is -0.218. The number of nitrogens with zero attached hydrogens (tertiary/aromatic N) is 1. The zero-order valence-electron chi connectivity index (χ0n) is 11.7. The van der Waals surface area contributed by atoms with Gasteiger partial charge in [-0.25, -0.2) is 0 Å². The van der Waals surface area contributed by atoms with Crippen molar-refractivity contribution >= 4 is 5.69 Å². The van der Waals surface area contributed by atoms with E-state index in [0.717, 1.165) is 12.1 Å². The van der Waals surface area contributed by atoms with E-state index in [4.69, 9.17) is 10.5 Å². The fourth-order valence-corrected chi connectivity index (χ4v) is 1.63. The maximum atomic E-state index is 12.6. The summed E-state index contributed by atoms with van der Waals surface area (Å²) in [5.41, 5.74) is 3.51. The van der Waals surface area contributed by atoms with Crippen LogP contribution in [0.15, 0.2) is 18.2 Å². The van der Waals surface area contributed by atoms with Gasteiger partial charge >= 0.3 is 11.9 Å². The lowest BCUT2D eigenvalue weighted by Gasteiger charge is -2.26. The first-order valence-electron chi connectivity index (χ1n) is 6.40. The molecule has 118 valence electrons. The van der Waals surface area contributed by atoms with Crippen LogP contribution < -0.4 is 10.5 Å². The Hall–Kier alpha value is -1.83. The Labute approximate surface area is 120 Å². The molecule has 1 aromatic carbocycles. The Morgan fingerprint density at radius 1 is 1.29 bits per heavy atom. The molecule has 0 radical (unpaired) electrons. The summed E-state index contributed by atoms with van der Waals surface area (Å²) in [5, 5.41) is 10.9. The standard InChI is InChI=1S/C13H17F3N2O3/c1-3-12(17,4-2)8-21-11-6-5-9(13(14,15)16)7-10(11)18(19)20/h5-7H,3-4,8,17H2,1-2H3. The van der Waals surface area contributed by atoms with Crippen LogP contribution in [0.1, 0.15) is 32.3 Å². The summed E-state index contributed by atoms with van der Waals surface area (Å²) in [6, 6.07) is 2.16. The molecule has 0 fully saturated rings. The highest BCUT2D eigenvalue weighted by atomic mass is 19.4. The smallest absolute Gasteiger partial charge is 0.416 e. The van der Waals surface area contributed by atoms with Crippen molar-refractivity contribution in [2.75, 3.05) is 6.61 Å². The van der Waals surface area contributed by atoms with Gasteiger partial charge in [-0.1, -0.05) is 13.8 Å². The molecule has 0 aliphatic heterocycles. The number of rotatable bonds is 6. The predicted molar refractivity (Wildman–Crippen MR) is 71.1 cm³/mol. The molecule has 21 heavy (non-hydrogen) atoms. The molecule has 0 heterocycles. The molecule has 0 saturated carbocycles. The van der Waals surface area contributed by atoms with Crippen LogP contribution in [0, 0.1) is 10.1 Å². The van der Waals surface area contributed by atoms with E-state index < -0.39 is 27.9 Å². The molecule has 8 heteroatoms. The van der Waals surface area contributed by atoms with Gasteiger partial charge in [0.2, 0.25) is 0 Å². The van der Waals surface area contributed by atoms with Crippen molar-refractivity contribution in [1.29, 1.82) is 0 Å². The van der Waals surface area contributed by atoms with E-state index in [0.29, 0.717) is 18.9 Å². The highest BCUT2D eigenvalue weighted by Crippen LogP contribution is 2.36. The van der Waals surface area contributed by atoms with Crippen molar-refractivity contribution in [3.63, 3.8) is 0 Å². The predicted octanol–water partition coefficient (Wildman–Crippen LogP) is 3.51. The van der Waals surface area contributed by atoms with Gasteiger partial charge in [-0.2, -0.15) is 13.2 Å². The van der Waals surface area contributed by atoms with Crippen molar-refractivity contribution in [3.8, 4) is 5.75 Å². The number of nitrogens with two attached hydrogens (primary N) is 1. The van der Waals surface area contributed by atoms with E-state index in [1.54, 1.807) is 0 Å². The van der Waals surface area contributed by atoms with Gasteiger partial charge in [-0.05, 0) is 25.0 Å². The first-order chi connectivity index (χ1) is 9.63. The number of halogens is 3. The third-order valence-electron chi connectivity index (χ3n) is 3.41. The van der Waals surface area contributed by atoms with E-state index in [2.05, 4.69) is 0 Å². The van der Waals surface area contributed by atoms with Crippen LogP contribution in [-0.4, -0.2) is 17.1 Å². The number of alkyl halides is 3. The zero-order valence-corrected chi connectivity index (χ0v) is 11.7. The SMILES string of the molecule is CCC(N)(CC)COc1ccc(C(F)(F)F)cc1[N+](=O)[O-]. The van der Waals surface area contributed by atoms with Crippen molar-refractivity contribution in [2.45, 2.75) is 38.4 Å². The first kappa shape index (κ1) is 17.2. The summed E-state index contributed by atoms with van der Waals surface area (Å²) < 4.78 is 43.0. The van der Waals surface area contributed by atoms with Crippen LogP contribution in [0.25, 0.3) is 0 Å². The summed E-state index contributed by atoms with van der Waals surface area (Å²) in [6.07, 6.45) is -3.48. The molecule has 0 aromatic heterocycles. The van der Waals surface area contributed by atoms with E-state index in [9.17, 15) is 23.3 Å². The van der Waals surface area contributed by atoms with Crippen LogP contribution in [0.4, 0.5) is 18.9 Å². The Balaban J connectivity index is 3.05. The molecule has 0 aliphatic carbocycles. The number of nitro groups is 1. The van der Waals surface area contributed by atoms with Crippen LogP contribution in [0.3, 0.4) is 0 Å². The number of nitro benzene ring substituents is 1. The van der Waals surface area contributed by atoms with Gasteiger partial charge in [0.15, 0.2) is 5.75 Å². The average molecular weight is 306 g/mol. The molecule has 0 bridgehead atoms. The van der Waals surface area contributed by atoms with Crippen molar-refractivity contribution in [2.24, 2.45) is 5.73 Å². The number of ether oxygens (including phenoxy) is 1. The highest BCUT2D eigenvalue weighted by molar-refractivity contribution is 5.49. The first-order valence-corrected chi connectivity index (χ1v) is 6.40. The third-order valence-corrected chi connectivity index (χ3v) is 3.41. The van der Waals surface area contributed by atoms with Gasteiger partial charge < -0.3 is 10.5 Å². The van der Waals surface area contributed by atoms with Gasteiger partial charge in [-0.3, -0.25) is 10.1 Å². The minimum Gasteiger partial charge on any atom is -0.485 e. The lowest BCUT2D eigenvalue weighted by atomic mass is 9.96. The van der Waals surface area contributed by atoms with Crippen molar-refractivity contribution < 1.29 is 22.8 Å². The fraction of sp³-hybridized carbons (Fsp3) is 0.538. The zero-order chi connectivity index (χ0) is 16.3. The van der Waals surface area contributed by atoms with Crippen molar-refractivity contribution in [1.82, 2.24) is 0 Å². The summed E-state index contributed by atoms with van der Waals surface area (Å²) in [6.45, 7) is 3.67. The van der Waals surface area contributed by atoms with Gasteiger partial charge in [-0.15, -0.1) is 0 Å². The average Bonchev–Trinajstić information content (AvgIpc) is 2.43. The molecule has 5 nitrogen and oxygen atoms in total. The van der Waals surface area contributed by atoms with Crippen LogP contribution in [-0.2, 0) is 6.18 Å². The Kier molecular flexibility index (Phi) is 5.16. The molecule has 0 aliphatic rings. The van der Waals surface area contributed by atoms with Gasteiger partial charge in [0.1, 0.15) is 6.61 Å². The van der Waals surface area contributed by atoms with E-state index in [-0.39, 0.29) is 12.4 Å². The minimum absolute atomic E-state index is 0.00773.